The molecule has 3 rings (SSSR count). The lowest BCUT2D eigenvalue weighted by atomic mass is 10.2. The number of anilines is 1. The van der Waals surface area contributed by atoms with Crippen LogP contribution in [0.25, 0.3) is 0 Å². The van der Waals surface area contributed by atoms with E-state index in [1.807, 2.05) is 11.8 Å². The lowest BCUT2D eigenvalue weighted by Crippen LogP contribution is -2.26. The molecule has 1 saturated heterocycles. The molecule has 1 aromatic rings. The van der Waals surface area contributed by atoms with Crippen molar-refractivity contribution in [2.45, 2.75) is 5.25 Å². The molecule has 0 aromatic heterocycles. The first-order chi connectivity index (χ1) is 8.13. The third kappa shape index (κ3) is 1.73. The molecule has 1 aliphatic heterocycles. The van der Waals surface area contributed by atoms with E-state index in [9.17, 15) is 8.78 Å². The van der Waals surface area contributed by atoms with Gasteiger partial charge in [0.05, 0.1) is 5.02 Å². The lowest BCUT2D eigenvalue weighted by molar-refractivity contribution is 0.574. The van der Waals surface area contributed by atoms with Gasteiger partial charge in [-0.25, -0.2) is 8.78 Å². The van der Waals surface area contributed by atoms with Gasteiger partial charge in [-0.15, -0.1) is 0 Å². The van der Waals surface area contributed by atoms with E-state index in [1.165, 1.54) is 12.1 Å². The monoisotopic (exact) mass is 275 g/mol. The highest BCUT2D eigenvalue weighted by Gasteiger charge is 2.55. The Kier molecular flexibility index (Phi) is 2.75. The summed E-state index contributed by atoms with van der Waals surface area (Å²) in [7, 11) is 0. The Morgan fingerprint density at radius 3 is 2.53 bits per heavy atom. The summed E-state index contributed by atoms with van der Waals surface area (Å²) in [6.07, 6.45) is 2.09. The molecule has 0 radical (unpaired) electrons. The summed E-state index contributed by atoms with van der Waals surface area (Å²) in [5.74, 6) is 0.0214. The van der Waals surface area contributed by atoms with Crippen LogP contribution in [0, 0.1) is 23.5 Å². The molecule has 1 nitrogen and oxygen atoms in total. The smallest absolute Gasteiger partial charge is 0.168 e. The van der Waals surface area contributed by atoms with Crippen molar-refractivity contribution in [1.82, 2.24) is 0 Å². The van der Waals surface area contributed by atoms with Gasteiger partial charge in [-0.3, -0.25) is 0 Å². The highest BCUT2D eigenvalue weighted by Crippen LogP contribution is 2.53. The van der Waals surface area contributed by atoms with Crippen LogP contribution in [0.4, 0.5) is 14.5 Å². The highest BCUT2D eigenvalue weighted by molar-refractivity contribution is 7.99. The molecule has 1 aliphatic carbocycles. The summed E-state index contributed by atoms with van der Waals surface area (Å²) in [5, 5.41) is 0.667. The molecule has 92 valence electrons. The number of hydrogen-bond donors (Lipinski definition) is 0. The van der Waals surface area contributed by atoms with Crippen LogP contribution in [-0.2, 0) is 0 Å². The van der Waals surface area contributed by atoms with E-state index in [4.69, 9.17) is 11.6 Å². The fourth-order valence-electron chi connectivity index (χ4n) is 2.81. The number of benzene rings is 1. The van der Waals surface area contributed by atoms with Gasteiger partial charge < -0.3 is 4.90 Å². The molecule has 2 atom stereocenters. The Balaban J connectivity index is 1.85. The van der Waals surface area contributed by atoms with Crippen molar-refractivity contribution in [1.29, 1.82) is 0 Å². The fourth-order valence-corrected chi connectivity index (χ4v) is 4.15. The van der Waals surface area contributed by atoms with Crippen LogP contribution in [0.3, 0.4) is 0 Å². The second kappa shape index (κ2) is 4.02. The average Bonchev–Trinajstić information content (AvgIpc) is 2.78. The van der Waals surface area contributed by atoms with Crippen LogP contribution < -0.4 is 4.90 Å². The first-order valence-electron chi connectivity index (χ1n) is 5.54. The Hall–Kier alpha value is -0.480. The predicted octanol–water partition coefficient (Wildman–Crippen LogP) is 3.42. The summed E-state index contributed by atoms with van der Waals surface area (Å²) >= 11 is 7.55. The van der Waals surface area contributed by atoms with Crippen LogP contribution in [-0.4, -0.2) is 24.6 Å². The zero-order valence-electron chi connectivity index (χ0n) is 9.29. The lowest BCUT2D eigenvalue weighted by Gasteiger charge is -2.23. The van der Waals surface area contributed by atoms with Crippen molar-refractivity contribution >= 4 is 29.1 Å². The Bertz CT molecular complexity index is 456. The van der Waals surface area contributed by atoms with Gasteiger partial charge in [0.15, 0.2) is 5.82 Å². The molecule has 5 heteroatoms. The first-order valence-corrected chi connectivity index (χ1v) is 7.21. The number of fused-ring (bicyclic) bond motifs is 1. The Morgan fingerprint density at radius 1 is 1.29 bits per heavy atom. The summed E-state index contributed by atoms with van der Waals surface area (Å²) in [6.45, 7) is 1.48. The van der Waals surface area contributed by atoms with E-state index in [2.05, 4.69) is 6.26 Å². The summed E-state index contributed by atoms with van der Waals surface area (Å²) in [5.41, 5.74) is 0.0459. The van der Waals surface area contributed by atoms with Crippen molar-refractivity contribution in [3.05, 3.63) is 28.8 Å². The summed E-state index contributed by atoms with van der Waals surface area (Å²) in [4.78, 5) is 1.79. The average molecular weight is 276 g/mol. The second-order valence-electron chi connectivity index (χ2n) is 4.62. The molecule has 2 unspecified atom stereocenters. The van der Waals surface area contributed by atoms with E-state index in [0.717, 1.165) is 13.1 Å². The van der Waals surface area contributed by atoms with Gasteiger partial charge in [0.1, 0.15) is 11.5 Å². The van der Waals surface area contributed by atoms with Gasteiger partial charge in [0.2, 0.25) is 0 Å². The zero-order valence-corrected chi connectivity index (χ0v) is 10.9. The number of halogens is 3. The molecule has 0 bridgehead atoms. The maximum atomic E-state index is 13.8. The normalized spacial score (nSPS) is 30.6. The third-order valence-electron chi connectivity index (χ3n) is 3.72. The molecular weight excluding hydrogens is 264 g/mol. The zero-order chi connectivity index (χ0) is 12.2. The topological polar surface area (TPSA) is 3.24 Å². The molecule has 17 heavy (non-hydrogen) atoms. The van der Waals surface area contributed by atoms with E-state index >= 15 is 0 Å². The van der Waals surface area contributed by atoms with Crippen molar-refractivity contribution in [3.8, 4) is 0 Å². The van der Waals surface area contributed by atoms with Gasteiger partial charge in [-0.2, -0.15) is 11.8 Å². The molecule has 0 amide bonds. The van der Waals surface area contributed by atoms with Gasteiger partial charge in [-0.1, -0.05) is 11.6 Å². The number of piperidine rings is 1. The second-order valence-corrected chi connectivity index (χ2v) is 6.05. The van der Waals surface area contributed by atoms with Crippen molar-refractivity contribution in [2.24, 2.45) is 11.8 Å². The molecular formula is C12H12ClF2NS. The molecule has 1 saturated carbocycles. The molecule has 1 aromatic carbocycles. The van der Waals surface area contributed by atoms with E-state index < -0.39 is 11.6 Å². The SMILES string of the molecule is CSC1C2CN(c3c(F)ccc(Cl)c3F)CC21. The standard InChI is InChI=1S/C12H12ClF2NS/c1-17-12-6-4-16(5-7(6)12)11-9(14)3-2-8(13)10(11)15/h2-3,6-7,12H,4-5H2,1H3. The number of thioether (sulfide) groups is 1. The molecule has 0 spiro atoms. The minimum atomic E-state index is -0.631. The van der Waals surface area contributed by atoms with Crippen LogP contribution >= 0.6 is 23.4 Å². The first kappa shape index (κ1) is 11.6. The summed E-state index contributed by atoms with van der Waals surface area (Å²) in [6, 6.07) is 2.49. The molecule has 2 aliphatic rings. The van der Waals surface area contributed by atoms with Gasteiger partial charge in [0.25, 0.3) is 0 Å². The molecule has 2 fully saturated rings. The van der Waals surface area contributed by atoms with Gasteiger partial charge in [-0.05, 0) is 30.2 Å². The van der Waals surface area contributed by atoms with Gasteiger partial charge >= 0.3 is 0 Å². The highest BCUT2D eigenvalue weighted by atomic mass is 35.5. The van der Waals surface area contributed by atoms with Crippen LogP contribution in [0.5, 0.6) is 0 Å². The molecule has 0 N–H and O–H groups in total. The van der Waals surface area contributed by atoms with Crippen LogP contribution in [0.1, 0.15) is 0 Å². The molecule has 1 heterocycles. The Labute approximate surface area is 108 Å². The third-order valence-corrected chi connectivity index (χ3v) is 5.26. The number of rotatable bonds is 2. The van der Waals surface area contributed by atoms with Crippen LogP contribution in [0.2, 0.25) is 5.02 Å². The van der Waals surface area contributed by atoms with Crippen molar-refractivity contribution < 1.29 is 8.78 Å². The Morgan fingerprint density at radius 2 is 1.94 bits per heavy atom. The maximum Gasteiger partial charge on any atom is 0.168 e. The van der Waals surface area contributed by atoms with E-state index in [1.54, 1.807) is 4.90 Å². The van der Waals surface area contributed by atoms with Crippen LogP contribution in [0.15, 0.2) is 12.1 Å². The van der Waals surface area contributed by atoms with Gasteiger partial charge in [0, 0.05) is 18.3 Å². The number of nitrogens with zero attached hydrogens (tertiary/aromatic N) is 1. The fraction of sp³-hybridized carbons (Fsp3) is 0.500. The van der Waals surface area contributed by atoms with Crippen molar-refractivity contribution in [3.63, 3.8) is 0 Å². The maximum absolute atomic E-state index is 13.8. The summed E-state index contributed by atoms with van der Waals surface area (Å²) < 4.78 is 27.5. The van der Waals surface area contributed by atoms with Crippen molar-refractivity contribution in [2.75, 3.05) is 24.2 Å². The minimum absolute atomic E-state index is 0.0108. The van der Waals surface area contributed by atoms with E-state index in [-0.39, 0.29) is 10.7 Å². The quantitative estimate of drug-likeness (QED) is 0.761. The minimum Gasteiger partial charge on any atom is -0.366 e. The largest absolute Gasteiger partial charge is 0.366 e. The predicted molar refractivity (Wildman–Crippen MR) is 67.9 cm³/mol. The number of hydrogen-bond acceptors (Lipinski definition) is 2. The van der Waals surface area contributed by atoms with E-state index in [0.29, 0.717) is 17.1 Å².